The molecule has 94 valence electrons. The Morgan fingerprint density at radius 1 is 1.44 bits per heavy atom. The maximum Gasteiger partial charge on any atom is 0.134 e. The number of hydrogen-bond acceptors (Lipinski definition) is 3. The van der Waals surface area contributed by atoms with Crippen molar-refractivity contribution in [3.05, 3.63) is 49.6 Å². The van der Waals surface area contributed by atoms with Crippen LogP contribution in [0.4, 0.5) is 0 Å². The van der Waals surface area contributed by atoms with Crippen LogP contribution in [0.3, 0.4) is 0 Å². The molecular formula is C13H10BrClO2S. The van der Waals surface area contributed by atoms with Gasteiger partial charge in [0.1, 0.15) is 22.3 Å². The number of fused-ring (bicyclic) bond motifs is 1. The summed E-state index contributed by atoms with van der Waals surface area (Å²) >= 11 is 10.7. The van der Waals surface area contributed by atoms with E-state index < -0.39 is 6.10 Å². The zero-order valence-electron chi connectivity index (χ0n) is 9.27. The first kappa shape index (κ1) is 12.5. The number of aliphatic hydroxyl groups is 1. The smallest absolute Gasteiger partial charge is 0.134 e. The van der Waals surface area contributed by atoms with E-state index in [0.29, 0.717) is 4.34 Å². The lowest BCUT2D eigenvalue weighted by molar-refractivity contribution is 0.0517. The van der Waals surface area contributed by atoms with E-state index in [1.54, 1.807) is 0 Å². The molecule has 2 heterocycles. The number of halogens is 2. The molecule has 0 fully saturated rings. The van der Waals surface area contributed by atoms with Crippen LogP contribution in [0.5, 0.6) is 5.75 Å². The van der Waals surface area contributed by atoms with Crippen LogP contribution in [0.1, 0.15) is 16.5 Å². The molecule has 0 spiro atoms. The second-order valence-corrected chi connectivity index (χ2v) is 6.72. The van der Waals surface area contributed by atoms with Gasteiger partial charge in [-0.15, -0.1) is 11.3 Å². The van der Waals surface area contributed by atoms with Gasteiger partial charge in [-0.3, -0.25) is 0 Å². The average molecular weight is 346 g/mol. The SMILES string of the molecule is OC(c1cc(Br)c(Cl)s1)C1Cc2ccccc2O1. The van der Waals surface area contributed by atoms with Gasteiger partial charge in [-0.05, 0) is 33.6 Å². The molecule has 1 aromatic carbocycles. The van der Waals surface area contributed by atoms with Crippen molar-refractivity contribution in [2.75, 3.05) is 0 Å². The van der Waals surface area contributed by atoms with Crippen LogP contribution >= 0.6 is 38.9 Å². The highest BCUT2D eigenvalue weighted by atomic mass is 79.9. The zero-order chi connectivity index (χ0) is 12.7. The predicted octanol–water partition coefficient (Wildman–Crippen LogP) is 4.20. The van der Waals surface area contributed by atoms with Crippen molar-refractivity contribution in [3.63, 3.8) is 0 Å². The topological polar surface area (TPSA) is 29.5 Å². The van der Waals surface area contributed by atoms with Gasteiger partial charge < -0.3 is 9.84 Å². The molecule has 1 aliphatic rings. The summed E-state index contributed by atoms with van der Waals surface area (Å²) in [5.74, 6) is 0.864. The van der Waals surface area contributed by atoms with Crippen LogP contribution < -0.4 is 4.74 Å². The molecule has 0 saturated carbocycles. The summed E-state index contributed by atoms with van der Waals surface area (Å²) in [4.78, 5) is 0.824. The van der Waals surface area contributed by atoms with Gasteiger partial charge in [0.2, 0.25) is 0 Å². The molecule has 0 saturated heterocycles. The van der Waals surface area contributed by atoms with Crippen LogP contribution in [0.2, 0.25) is 4.34 Å². The lowest BCUT2D eigenvalue weighted by Gasteiger charge is -2.16. The molecule has 0 aliphatic carbocycles. The molecule has 1 aliphatic heterocycles. The normalized spacial score (nSPS) is 19.4. The summed E-state index contributed by atoms with van der Waals surface area (Å²) < 4.78 is 7.24. The van der Waals surface area contributed by atoms with Gasteiger partial charge in [0.15, 0.2) is 0 Å². The standard InChI is InChI=1S/C13H10BrClO2S/c14-8-6-11(18-13(8)15)12(16)10-5-7-3-1-2-4-9(7)17-10/h1-4,6,10,12,16H,5H2. The number of hydrogen-bond donors (Lipinski definition) is 1. The number of ether oxygens (including phenoxy) is 1. The van der Waals surface area contributed by atoms with E-state index in [0.717, 1.165) is 27.1 Å². The minimum atomic E-state index is -0.647. The van der Waals surface area contributed by atoms with Gasteiger partial charge in [-0.2, -0.15) is 0 Å². The van der Waals surface area contributed by atoms with Gasteiger partial charge in [0.05, 0.1) is 0 Å². The van der Waals surface area contributed by atoms with Crippen LogP contribution in [-0.2, 0) is 6.42 Å². The van der Waals surface area contributed by atoms with E-state index >= 15 is 0 Å². The molecular weight excluding hydrogens is 336 g/mol. The Bertz CT molecular complexity index is 540. The first-order valence-corrected chi connectivity index (χ1v) is 7.51. The first-order chi connectivity index (χ1) is 8.65. The van der Waals surface area contributed by atoms with E-state index in [9.17, 15) is 5.11 Å². The summed E-state index contributed by atoms with van der Waals surface area (Å²) in [6.45, 7) is 0. The third-order valence-corrected chi connectivity index (χ3v) is 5.53. The third-order valence-electron chi connectivity index (χ3n) is 2.98. The summed E-state index contributed by atoms with van der Waals surface area (Å²) in [6.07, 6.45) is -0.153. The van der Waals surface area contributed by atoms with Gasteiger partial charge in [-0.1, -0.05) is 29.8 Å². The Kier molecular flexibility index (Phi) is 3.36. The van der Waals surface area contributed by atoms with E-state index in [-0.39, 0.29) is 6.10 Å². The summed E-state index contributed by atoms with van der Waals surface area (Å²) in [5, 5.41) is 10.3. The first-order valence-electron chi connectivity index (χ1n) is 5.52. The monoisotopic (exact) mass is 344 g/mol. The van der Waals surface area contributed by atoms with Crippen molar-refractivity contribution < 1.29 is 9.84 Å². The molecule has 1 aromatic heterocycles. The van der Waals surface area contributed by atoms with Crippen molar-refractivity contribution in [2.24, 2.45) is 0 Å². The zero-order valence-corrected chi connectivity index (χ0v) is 12.4. The molecule has 0 radical (unpaired) electrons. The number of benzene rings is 1. The van der Waals surface area contributed by atoms with E-state index in [2.05, 4.69) is 15.9 Å². The minimum Gasteiger partial charge on any atom is -0.487 e. The molecule has 2 nitrogen and oxygen atoms in total. The van der Waals surface area contributed by atoms with Crippen molar-refractivity contribution >= 4 is 38.9 Å². The third kappa shape index (κ3) is 2.18. The molecule has 2 atom stereocenters. The van der Waals surface area contributed by atoms with Crippen LogP contribution in [0.15, 0.2) is 34.8 Å². The fourth-order valence-corrected chi connectivity index (χ4v) is 3.85. The summed E-state index contributed by atoms with van der Waals surface area (Å²) in [6, 6.07) is 9.73. The van der Waals surface area contributed by atoms with Gasteiger partial charge in [0, 0.05) is 15.8 Å². The molecule has 2 aromatic rings. The summed E-state index contributed by atoms with van der Waals surface area (Å²) in [5.41, 5.74) is 1.14. The molecule has 1 N–H and O–H groups in total. The number of para-hydroxylation sites is 1. The minimum absolute atomic E-state index is 0.232. The molecule has 5 heteroatoms. The molecule has 18 heavy (non-hydrogen) atoms. The van der Waals surface area contributed by atoms with Gasteiger partial charge >= 0.3 is 0 Å². The second kappa shape index (κ2) is 4.85. The van der Waals surface area contributed by atoms with Crippen LogP contribution in [-0.4, -0.2) is 11.2 Å². The molecule has 2 unspecified atom stereocenters. The average Bonchev–Trinajstić information content (AvgIpc) is 2.93. The lowest BCUT2D eigenvalue weighted by Crippen LogP contribution is -2.22. The predicted molar refractivity (Wildman–Crippen MR) is 76.6 cm³/mol. The fourth-order valence-electron chi connectivity index (χ4n) is 2.08. The maximum atomic E-state index is 10.3. The summed E-state index contributed by atoms with van der Waals surface area (Å²) in [7, 11) is 0. The largest absolute Gasteiger partial charge is 0.487 e. The number of rotatable bonds is 2. The Labute approximate surface area is 122 Å². The van der Waals surface area contributed by atoms with Crippen LogP contribution in [0, 0.1) is 0 Å². The molecule has 0 amide bonds. The molecule has 3 rings (SSSR count). The Morgan fingerprint density at radius 2 is 2.22 bits per heavy atom. The Hall–Kier alpha value is -0.550. The highest BCUT2D eigenvalue weighted by Gasteiger charge is 2.31. The van der Waals surface area contributed by atoms with E-state index in [4.69, 9.17) is 16.3 Å². The molecule has 0 bridgehead atoms. The van der Waals surface area contributed by atoms with Crippen molar-refractivity contribution in [3.8, 4) is 5.75 Å². The fraction of sp³-hybridized carbons (Fsp3) is 0.231. The number of thiophene rings is 1. The second-order valence-electron chi connectivity index (χ2n) is 4.18. The quantitative estimate of drug-likeness (QED) is 0.884. The highest BCUT2D eigenvalue weighted by Crippen LogP contribution is 2.40. The van der Waals surface area contributed by atoms with Gasteiger partial charge in [-0.25, -0.2) is 0 Å². The van der Waals surface area contributed by atoms with Crippen LogP contribution in [0.25, 0.3) is 0 Å². The maximum absolute atomic E-state index is 10.3. The highest BCUT2D eigenvalue weighted by molar-refractivity contribution is 9.10. The Balaban J connectivity index is 1.82. The van der Waals surface area contributed by atoms with Crippen molar-refractivity contribution in [1.82, 2.24) is 0 Å². The van der Waals surface area contributed by atoms with Crippen molar-refractivity contribution in [2.45, 2.75) is 18.6 Å². The van der Waals surface area contributed by atoms with E-state index in [1.165, 1.54) is 11.3 Å². The number of aliphatic hydroxyl groups excluding tert-OH is 1. The van der Waals surface area contributed by atoms with Crippen molar-refractivity contribution in [1.29, 1.82) is 0 Å². The Morgan fingerprint density at radius 3 is 2.89 bits per heavy atom. The van der Waals surface area contributed by atoms with Gasteiger partial charge in [0.25, 0.3) is 0 Å². The van der Waals surface area contributed by atoms with E-state index in [1.807, 2.05) is 30.3 Å². The lowest BCUT2D eigenvalue weighted by atomic mass is 10.1.